The number of pyridine rings is 1. The van der Waals surface area contributed by atoms with Crippen molar-refractivity contribution in [3.05, 3.63) is 29.6 Å². The molecule has 0 radical (unpaired) electrons. The maximum atomic E-state index is 12.7. The van der Waals surface area contributed by atoms with Gasteiger partial charge in [0.2, 0.25) is 0 Å². The summed E-state index contributed by atoms with van der Waals surface area (Å²) < 4.78 is 0. The number of nitrogens with one attached hydrogen (secondary N) is 2. The first-order valence-corrected chi connectivity index (χ1v) is 8.63. The molecule has 4 heteroatoms. The van der Waals surface area contributed by atoms with Gasteiger partial charge in [0.15, 0.2) is 0 Å². The van der Waals surface area contributed by atoms with Crippen LogP contribution in [0.4, 0.5) is 0 Å². The summed E-state index contributed by atoms with van der Waals surface area (Å²) in [5.74, 6) is 2.03. The Morgan fingerprint density at radius 1 is 1.39 bits per heavy atom. The van der Waals surface area contributed by atoms with Crippen LogP contribution >= 0.6 is 0 Å². The molecule has 0 spiro atoms. The molecule has 3 saturated carbocycles. The lowest BCUT2D eigenvalue weighted by Crippen LogP contribution is -2.60. The average molecular weight is 311 g/mol. The van der Waals surface area contributed by atoms with Crippen LogP contribution in [0, 0.1) is 30.1 Å². The molecule has 2 aromatic rings. The molecule has 4 atom stereocenters. The van der Waals surface area contributed by atoms with Crippen LogP contribution in [0.2, 0.25) is 0 Å². The Kier molecular flexibility index (Phi) is 3.09. The van der Waals surface area contributed by atoms with E-state index in [0.29, 0.717) is 23.1 Å². The highest BCUT2D eigenvalue weighted by Crippen LogP contribution is 2.61. The highest BCUT2D eigenvalue weighted by Gasteiger charge is 2.56. The van der Waals surface area contributed by atoms with E-state index in [0.717, 1.165) is 34.9 Å². The zero-order valence-corrected chi connectivity index (χ0v) is 14.3. The summed E-state index contributed by atoms with van der Waals surface area (Å²) in [4.78, 5) is 20.1. The summed E-state index contributed by atoms with van der Waals surface area (Å²) in [7, 11) is 0. The Labute approximate surface area is 137 Å². The van der Waals surface area contributed by atoms with Crippen LogP contribution in [0.25, 0.3) is 11.0 Å². The molecule has 2 N–H and O–H groups in total. The van der Waals surface area contributed by atoms with Crippen LogP contribution in [0.15, 0.2) is 18.3 Å². The van der Waals surface area contributed by atoms with Gasteiger partial charge >= 0.3 is 0 Å². The number of rotatable bonds is 2. The zero-order chi connectivity index (χ0) is 16.4. The molecule has 122 valence electrons. The third-order valence-corrected chi connectivity index (χ3v) is 6.67. The maximum absolute atomic E-state index is 12.7. The van der Waals surface area contributed by atoms with Crippen LogP contribution in [0.1, 0.15) is 49.7 Å². The van der Waals surface area contributed by atoms with Crippen LogP contribution in [-0.4, -0.2) is 21.9 Å². The zero-order valence-electron chi connectivity index (χ0n) is 14.3. The number of hydrogen-bond acceptors (Lipinski definition) is 2. The Bertz CT molecular complexity index is 776. The standard InChI is InChI=1S/C19H25N3O/c1-10-5-6-20-17-13(10)9-16(21-17)18(23)22-15-8-12-7-14(11(15)2)19(12,3)4/h5-6,9,11-12,14-15H,7-8H2,1-4H3,(H,20,21)(H,22,23)/t11-,12+,14-,15-/m0/s1. The van der Waals surface area contributed by atoms with E-state index in [2.05, 4.69) is 36.1 Å². The number of hydrogen-bond donors (Lipinski definition) is 2. The van der Waals surface area contributed by atoms with Crippen LogP contribution < -0.4 is 5.32 Å². The summed E-state index contributed by atoms with van der Waals surface area (Å²) in [5.41, 5.74) is 2.99. The van der Waals surface area contributed by atoms with Crippen LogP contribution in [0.3, 0.4) is 0 Å². The number of fused-ring (bicyclic) bond motifs is 3. The number of carbonyl (C=O) groups is 1. The largest absolute Gasteiger partial charge is 0.348 e. The summed E-state index contributed by atoms with van der Waals surface area (Å²) in [5, 5.41) is 4.29. The Hall–Kier alpha value is -1.84. The van der Waals surface area contributed by atoms with Gasteiger partial charge in [-0.15, -0.1) is 0 Å². The lowest BCUT2D eigenvalue weighted by atomic mass is 9.45. The molecule has 4 nitrogen and oxygen atoms in total. The van der Waals surface area contributed by atoms with Gasteiger partial charge < -0.3 is 10.3 Å². The minimum absolute atomic E-state index is 0.00152. The lowest BCUT2D eigenvalue weighted by Gasteiger charge is -2.62. The van der Waals surface area contributed by atoms with Gasteiger partial charge in [0, 0.05) is 17.6 Å². The quantitative estimate of drug-likeness (QED) is 0.889. The molecule has 2 aromatic heterocycles. The molecular weight excluding hydrogens is 286 g/mol. The first-order chi connectivity index (χ1) is 10.9. The minimum atomic E-state index is -0.00152. The van der Waals surface area contributed by atoms with Gasteiger partial charge in [-0.05, 0) is 60.6 Å². The third kappa shape index (κ3) is 2.11. The van der Waals surface area contributed by atoms with Crippen molar-refractivity contribution >= 4 is 16.9 Å². The topological polar surface area (TPSA) is 57.8 Å². The van der Waals surface area contributed by atoms with Gasteiger partial charge in [0.1, 0.15) is 11.3 Å². The lowest BCUT2D eigenvalue weighted by molar-refractivity contribution is -0.113. The van der Waals surface area contributed by atoms with Crippen LogP contribution in [-0.2, 0) is 0 Å². The molecule has 3 aliphatic carbocycles. The molecule has 2 heterocycles. The molecule has 23 heavy (non-hydrogen) atoms. The van der Waals surface area contributed by atoms with E-state index in [9.17, 15) is 4.79 Å². The maximum Gasteiger partial charge on any atom is 0.267 e. The molecule has 3 aliphatic rings. The summed E-state index contributed by atoms with van der Waals surface area (Å²) in [6.07, 6.45) is 4.21. The molecule has 0 aliphatic heterocycles. The van der Waals surface area contributed by atoms with Gasteiger partial charge in [0.05, 0.1) is 0 Å². The number of aryl methyl sites for hydroxylation is 1. The van der Waals surface area contributed by atoms with Crippen molar-refractivity contribution in [1.29, 1.82) is 0 Å². The first-order valence-electron chi connectivity index (χ1n) is 8.63. The molecule has 0 aromatic carbocycles. The van der Waals surface area contributed by atoms with E-state index in [1.54, 1.807) is 6.20 Å². The Morgan fingerprint density at radius 3 is 2.83 bits per heavy atom. The predicted octanol–water partition coefficient (Wildman–Crippen LogP) is 3.67. The number of aromatic amines is 1. The van der Waals surface area contributed by atoms with Gasteiger partial charge in [0.25, 0.3) is 5.91 Å². The normalized spacial score (nSPS) is 31.7. The number of carbonyl (C=O) groups excluding carboxylic acids is 1. The van der Waals surface area contributed by atoms with Crippen LogP contribution in [0.5, 0.6) is 0 Å². The van der Waals surface area contributed by atoms with Crippen molar-refractivity contribution in [3.8, 4) is 0 Å². The monoisotopic (exact) mass is 311 g/mol. The average Bonchev–Trinajstić information content (AvgIpc) is 2.94. The summed E-state index contributed by atoms with van der Waals surface area (Å²) in [6.45, 7) is 9.10. The molecule has 1 amide bonds. The van der Waals surface area contributed by atoms with E-state index < -0.39 is 0 Å². The molecule has 0 saturated heterocycles. The van der Waals surface area contributed by atoms with Gasteiger partial charge in [-0.1, -0.05) is 20.8 Å². The number of nitrogens with zero attached hydrogens (tertiary/aromatic N) is 1. The Balaban J connectivity index is 1.53. The minimum Gasteiger partial charge on any atom is -0.348 e. The molecular formula is C19H25N3O. The van der Waals surface area contributed by atoms with E-state index in [4.69, 9.17) is 0 Å². The molecule has 0 unspecified atom stereocenters. The van der Waals surface area contributed by atoms with Crippen molar-refractivity contribution in [3.63, 3.8) is 0 Å². The van der Waals surface area contributed by atoms with E-state index in [-0.39, 0.29) is 5.91 Å². The third-order valence-electron chi connectivity index (χ3n) is 6.67. The number of H-pyrrole nitrogens is 1. The summed E-state index contributed by atoms with van der Waals surface area (Å²) >= 11 is 0. The van der Waals surface area contributed by atoms with Crippen molar-refractivity contribution < 1.29 is 4.79 Å². The van der Waals surface area contributed by atoms with Gasteiger partial charge in [-0.2, -0.15) is 0 Å². The van der Waals surface area contributed by atoms with Gasteiger partial charge in [-0.3, -0.25) is 4.79 Å². The van der Waals surface area contributed by atoms with Crippen molar-refractivity contribution in [2.45, 2.75) is 46.6 Å². The molecule has 5 rings (SSSR count). The Morgan fingerprint density at radius 2 is 2.17 bits per heavy atom. The van der Waals surface area contributed by atoms with E-state index in [1.165, 1.54) is 6.42 Å². The van der Waals surface area contributed by atoms with E-state index >= 15 is 0 Å². The summed E-state index contributed by atoms with van der Waals surface area (Å²) in [6, 6.07) is 4.18. The second-order valence-electron chi connectivity index (χ2n) is 8.11. The SMILES string of the molecule is Cc1ccnc2[nH]c(C(=O)N[C@H]3C[C@H]4C[C@@H]([C@@H]3C)C4(C)C)cc12. The van der Waals surface area contributed by atoms with Crippen molar-refractivity contribution in [1.82, 2.24) is 15.3 Å². The second-order valence-corrected chi connectivity index (χ2v) is 8.11. The smallest absolute Gasteiger partial charge is 0.267 e. The highest BCUT2D eigenvalue weighted by molar-refractivity contribution is 5.98. The van der Waals surface area contributed by atoms with E-state index in [1.807, 2.05) is 19.1 Å². The first kappa shape index (κ1) is 14.7. The molecule has 3 fully saturated rings. The number of amides is 1. The highest BCUT2D eigenvalue weighted by atomic mass is 16.1. The fourth-order valence-electron chi connectivity index (χ4n) is 4.87. The van der Waals surface area contributed by atoms with Crippen molar-refractivity contribution in [2.75, 3.05) is 0 Å². The predicted molar refractivity (Wildman–Crippen MR) is 91.2 cm³/mol. The van der Waals surface area contributed by atoms with Gasteiger partial charge in [-0.25, -0.2) is 4.98 Å². The van der Waals surface area contributed by atoms with Crippen molar-refractivity contribution in [2.24, 2.45) is 23.2 Å². The fraction of sp³-hybridized carbons (Fsp3) is 0.579. The second kappa shape index (κ2) is 4.83. The number of aromatic nitrogens is 2. The fourth-order valence-corrected chi connectivity index (χ4v) is 4.87. The molecule has 2 bridgehead atoms.